The second-order valence-corrected chi connectivity index (χ2v) is 7.29. The topological polar surface area (TPSA) is 40.2 Å². The third-order valence-electron chi connectivity index (χ3n) is 5.56. The third-order valence-corrected chi connectivity index (χ3v) is 5.56. The Bertz CT molecular complexity index is 539. The minimum absolute atomic E-state index is 0.374. The van der Waals surface area contributed by atoms with Gasteiger partial charge in [-0.05, 0) is 37.0 Å². The Morgan fingerprint density at radius 2 is 1.77 bits per heavy atom. The van der Waals surface area contributed by atoms with Gasteiger partial charge in [0.25, 0.3) is 0 Å². The summed E-state index contributed by atoms with van der Waals surface area (Å²) >= 11 is 0. The van der Waals surface area contributed by atoms with E-state index in [1.165, 1.54) is 37.7 Å². The highest BCUT2D eigenvalue weighted by atomic mass is 16.5. The summed E-state index contributed by atoms with van der Waals surface area (Å²) in [5.41, 5.74) is 1.26. The van der Waals surface area contributed by atoms with Crippen molar-refractivity contribution < 1.29 is 18.9 Å². The third kappa shape index (κ3) is 5.35. The number of hydrogen-bond donors (Lipinski definition) is 0. The summed E-state index contributed by atoms with van der Waals surface area (Å²) in [4.78, 5) is 2.52. The van der Waals surface area contributed by atoms with Crippen LogP contribution in [0.3, 0.4) is 0 Å². The molecule has 5 nitrogen and oxygen atoms in total. The summed E-state index contributed by atoms with van der Waals surface area (Å²) in [5.74, 6) is 1.57. The summed E-state index contributed by atoms with van der Waals surface area (Å²) < 4.78 is 22.7. The maximum Gasteiger partial charge on any atom is 0.160 e. The van der Waals surface area contributed by atoms with Crippen LogP contribution in [0.15, 0.2) is 18.2 Å². The molecule has 3 rings (SSSR count). The molecule has 1 aromatic rings. The molecule has 26 heavy (non-hydrogen) atoms. The average Bonchev–Trinajstić information content (AvgIpc) is 2.72. The highest BCUT2D eigenvalue weighted by molar-refractivity contribution is 5.43. The molecule has 1 unspecified atom stereocenters. The second kappa shape index (κ2) is 10.1. The van der Waals surface area contributed by atoms with Crippen LogP contribution in [0.2, 0.25) is 0 Å². The fourth-order valence-corrected chi connectivity index (χ4v) is 3.99. The molecule has 1 atom stereocenters. The van der Waals surface area contributed by atoms with Crippen molar-refractivity contribution in [1.29, 1.82) is 0 Å². The van der Waals surface area contributed by atoms with Gasteiger partial charge >= 0.3 is 0 Å². The van der Waals surface area contributed by atoms with E-state index < -0.39 is 0 Å². The van der Waals surface area contributed by atoms with Gasteiger partial charge in [-0.15, -0.1) is 0 Å². The Hall–Kier alpha value is -1.30. The van der Waals surface area contributed by atoms with E-state index in [0.29, 0.717) is 12.1 Å². The standard InChI is InChI=1S/C21H33NO4/c1-23-20-9-8-17(15-21(20)24-2)14-18(22-10-12-25-13-11-22)16-26-19-6-4-3-5-7-19/h8-9,15,18-19H,3-7,10-14,16H2,1-2H3. The van der Waals surface area contributed by atoms with Crippen molar-refractivity contribution in [2.75, 3.05) is 47.1 Å². The van der Waals surface area contributed by atoms with Crippen LogP contribution in [-0.4, -0.2) is 64.2 Å². The van der Waals surface area contributed by atoms with Gasteiger partial charge < -0.3 is 18.9 Å². The Balaban J connectivity index is 1.65. The van der Waals surface area contributed by atoms with Crippen molar-refractivity contribution >= 4 is 0 Å². The molecule has 1 aromatic carbocycles. The fraction of sp³-hybridized carbons (Fsp3) is 0.714. The first-order valence-corrected chi connectivity index (χ1v) is 9.94. The van der Waals surface area contributed by atoms with E-state index in [4.69, 9.17) is 18.9 Å². The Morgan fingerprint density at radius 1 is 1.04 bits per heavy atom. The van der Waals surface area contributed by atoms with Gasteiger partial charge in [0.05, 0.1) is 40.1 Å². The normalized spacial score (nSPS) is 20.7. The minimum Gasteiger partial charge on any atom is -0.493 e. The van der Waals surface area contributed by atoms with Crippen molar-refractivity contribution in [3.05, 3.63) is 23.8 Å². The number of rotatable bonds is 8. The van der Waals surface area contributed by atoms with Gasteiger partial charge in [0, 0.05) is 19.1 Å². The molecule has 0 bridgehead atoms. The van der Waals surface area contributed by atoms with E-state index in [0.717, 1.165) is 50.8 Å². The smallest absolute Gasteiger partial charge is 0.160 e. The number of ether oxygens (including phenoxy) is 4. The van der Waals surface area contributed by atoms with Crippen molar-refractivity contribution in [2.45, 2.75) is 50.7 Å². The van der Waals surface area contributed by atoms with Crippen molar-refractivity contribution in [2.24, 2.45) is 0 Å². The quantitative estimate of drug-likeness (QED) is 0.709. The predicted molar refractivity (Wildman–Crippen MR) is 102 cm³/mol. The van der Waals surface area contributed by atoms with Crippen LogP contribution in [0.1, 0.15) is 37.7 Å². The minimum atomic E-state index is 0.374. The van der Waals surface area contributed by atoms with Gasteiger partial charge in [-0.2, -0.15) is 0 Å². The van der Waals surface area contributed by atoms with E-state index in [1.807, 2.05) is 6.07 Å². The molecule has 5 heteroatoms. The van der Waals surface area contributed by atoms with Crippen LogP contribution in [0.5, 0.6) is 11.5 Å². The summed E-state index contributed by atoms with van der Waals surface area (Å²) in [6.07, 6.45) is 7.80. The Kier molecular flexibility index (Phi) is 7.59. The molecule has 2 fully saturated rings. The molecule has 2 aliphatic rings. The van der Waals surface area contributed by atoms with Crippen LogP contribution in [0.4, 0.5) is 0 Å². The summed E-state index contributed by atoms with van der Waals surface area (Å²) in [7, 11) is 3.36. The molecule has 0 N–H and O–H groups in total. The van der Waals surface area contributed by atoms with Gasteiger partial charge in [0.1, 0.15) is 0 Å². The Labute approximate surface area is 157 Å². The second-order valence-electron chi connectivity index (χ2n) is 7.29. The summed E-state index contributed by atoms with van der Waals surface area (Å²) in [6, 6.07) is 6.59. The highest BCUT2D eigenvalue weighted by Gasteiger charge is 2.24. The molecule has 1 saturated heterocycles. The summed E-state index contributed by atoms with van der Waals surface area (Å²) in [6.45, 7) is 4.37. The first kappa shape index (κ1) is 19.5. The lowest BCUT2D eigenvalue weighted by Crippen LogP contribution is -2.47. The van der Waals surface area contributed by atoms with Crippen molar-refractivity contribution in [3.63, 3.8) is 0 Å². The average molecular weight is 363 g/mol. The molecule has 0 radical (unpaired) electrons. The highest BCUT2D eigenvalue weighted by Crippen LogP contribution is 2.29. The first-order chi connectivity index (χ1) is 12.8. The molecular formula is C21H33NO4. The van der Waals surface area contributed by atoms with Crippen LogP contribution in [0, 0.1) is 0 Å². The maximum atomic E-state index is 6.33. The van der Waals surface area contributed by atoms with Crippen molar-refractivity contribution in [1.82, 2.24) is 4.90 Å². The zero-order chi connectivity index (χ0) is 18.2. The van der Waals surface area contributed by atoms with Crippen LogP contribution in [-0.2, 0) is 15.9 Å². The van der Waals surface area contributed by atoms with Crippen LogP contribution < -0.4 is 9.47 Å². The molecular weight excluding hydrogens is 330 g/mol. The molecule has 0 amide bonds. The number of methoxy groups -OCH3 is 2. The number of nitrogens with zero attached hydrogens (tertiary/aromatic N) is 1. The molecule has 1 saturated carbocycles. The zero-order valence-electron chi connectivity index (χ0n) is 16.2. The van der Waals surface area contributed by atoms with Gasteiger partial charge in [-0.25, -0.2) is 0 Å². The molecule has 1 aliphatic heterocycles. The lowest BCUT2D eigenvalue weighted by Gasteiger charge is -2.35. The fourth-order valence-electron chi connectivity index (χ4n) is 3.99. The number of hydrogen-bond acceptors (Lipinski definition) is 5. The van der Waals surface area contributed by atoms with Gasteiger partial charge in [0.15, 0.2) is 11.5 Å². The first-order valence-electron chi connectivity index (χ1n) is 9.94. The van der Waals surface area contributed by atoms with E-state index >= 15 is 0 Å². The van der Waals surface area contributed by atoms with Crippen LogP contribution in [0.25, 0.3) is 0 Å². The Morgan fingerprint density at radius 3 is 2.46 bits per heavy atom. The molecule has 0 spiro atoms. The molecule has 1 aliphatic carbocycles. The van der Waals surface area contributed by atoms with E-state index in [-0.39, 0.29) is 0 Å². The van der Waals surface area contributed by atoms with E-state index in [2.05, 4.69) is 17.0 Å². The largest absolute Gasteiger partial charge is 0.493 e. The maximum absolute atomic E-state index is 6.33. The SMILES string of the molecule is COc1ccc(CC(COC2CCCCC2)N2CCOCC2)cc1OC. The van der Waals surface area contributed by atoms with Crippen LogP contribution >= 0.6 is 0 Å². The van der Waals surface area contributed by atoms with E-state index in [1.54, 1.807) is 14.2 Å². The molecule has 0 aromatic heterocycles. The van der Waals surface area contributed by atoms with E-state index in [9.17, 15) is 0 Å². The monoisotopic (exact) mass is 363 g/mol. The molecule has 1 heterocycles. The number of morpholine rings is 1. The van der Waals surface area contributed by atoms with Gasteiger partial charge in [0.2, 0.25) is 0 Å². The van der Waals surface area contributed by atoms with Gasteiger partial charge in [-0.1, -0.05) is 25.3 Å². The zero-order valence-corrected chi connectivity index (χ0v) is 16.2. The number of benzene rings is 1. The predicted octanol–water partition coefficient (Wildman–Crippen LogP) is 3.30. The van der Waals surface area contributed by atoms with Crippen molar-refractivity contribution in [3.8, 4) is 11.5 Å². The lowest BCUT2D eigenvalue weighted by molar-refractivity contribution is -0.0374. The lowest BCUT2D eigenvalue weighted by atomic mass is 9.97. The molecule has 146 valence electrons. The summed E-state index contributed by atoms with van der Waals surface area (Å²) in [5, 5.41) is 0. The van der Waals surface area contributed by atoms with Gasteiger partial charge in [-0.3, -0.25) is 4.90 Å².